The Morgan fingerprint density at radius 1 is 1.25 bits per heavy atom. The summed E-state index contributed by atoms with van der Waals surface area (Å²) in [6.07, 6.45) is 3.13. The van der Waals surface area contributed by atoms with Crippen molar-refractivity contribution in [2.45, 2.75) is 6.29 Å². The first-order valence-electron chi connectivity index (χ1n) is 5.13. The number of ether oxygens (including phenoxy) is 2. The van der Waals surface area contributed by atoms with Crippen molar-refractivity contribution < 1.29 is 9.47 Å². The fourth-order valence-corrected chi connectivity index (χ4v) is 1.65. The number of hydrogen-bond donors (Lipinski definition) is 1. The molecule has 2 aromatic heterocycles. The van der Waals surface area contributed by atoms with Crippen molar-refractivity contribution in [2.24, 2.45) is 0 Å². The highest BCUT2D eigenvalue weighted by molar-refractivity contribution is 5.48. The van der Waals surface area contributed by atoms with Gasteiger partial charge in [0.15, 0.2) is 5.82 Å². The maximum atomic E-state index is 5.40. The molecule has 1 aliphatic rings. The fraction of sp³-hybridized carbons (Fsp3) is 0.273. The van der Waals surface area contributed by atoms with Crippen LogP contribution in [0.3, 0.4) is 0 Å². The van der Waals surface area contributed by atoms with E-state index in [1.54, 1.807) is 12.4 Å². The van der Waals surface area contributed by atoms with Gasteiger partial charge in [-0.2, -0.15) is 0 Å². The zero-order valence-electron chi connectivity index (χ0n) is 8.59. The van der Waals surface area contributed by atoms with Gasteiger partial charge in [-0.05, 0) is 12.1 Å². The average Bonchev–Trinajstić information content (AvgIpc) is 3.03. The van der Waals surface area contributed by atoms with Gasteiger partial charge in [0.1, 0.15) is 5.69 Å². The number of aromatic amines is 1. The summed E-state index contributed by atoms with van der Waals surface area (Å²) < 4.78 is 10.8. The lowest BCUT2D eigenvalue weighted by Crippen LogP contribution is -2.02. The maximum absolute atomic E-state index is 5.40. The summed E-state index contributed by atoms with van der Waals surface area (Å²) in [5.74, 6) is 0.750. The third kappa shape index (κ3) is 1.70. The number of imidazole rings is 1. The van der Waals surface area contributed by atoms with Crippen LogP contribution in [0.15, 0.2) is 30.6 Å². The predicted molar refractivity (Wildman–Crippen MR) is 56.5 cm³/mol. The van der Waals surface area contributed by atoms with Gasteiger partial charge < -0.3 is 14.5 Å². The van der Waals surface area contributed by atoms with E-state index in [0.29, 0.717) is 13.2 Å². The highest BCUT2D eigenvalue weighted by Crippen LogP contribution is 2.23. The number of pyridine rings is 1. The summed E-state index contributed by atoms with van der Waals surface area (Å²) in [6, 6.07) is 5.71. The summed E-state index contributed by atoms with van der Waals surface area (Å²) in [5, 5.41) is 0. The number of nitrogens with one attached hydrogen (secondary N) is 1. The smallest absolute Gasteiger partial charge is 0.201 e. The van der Waals surface area contributed by atoms with E-state index in [2.05, 4.69) is 15.0 Å². The van der Waals surface area contributed by atoms with Crippen molar-refractivity contribution in [3.8, 4) is 11.5 Å². The molecule has 0 atom stereocenters. The zero-order chi connectivity index (χ0) is 10.8. The van der Waals surface area contributed by atoms with E-state index in [4.69, 9.17) is 9.47 Å². The molecule has 1 N–H and O–H groups in total. The van der Waals surface area contributed by atoms with E-state index in [1.807, 2.05) is 18.2 Å². The van der Waals surface area contributed by atoms with E-state index in [9.17, 15) is 0 Å². The van der Waals surface area contributed by atoms with E-state index < -0.39 is 0 Å². The van der Waals surface area contributed by atoms with Gasteiger partial charge in [-0.3, -0.25) is 0 Å². The second-order valence-corrected chi connectivity index (χ2v) is 3.46. The Labute approximate surface area is 92.5 Å². The van der Waals surface area contributed by atoms with Crippen LogP contribution in [0.5, 0.6) is 0 Å². The van der Waals surface area contributed by atoms with Crippen molar-refractivity contribution in [2.75, 3.05) is 13.2 Å². The van der Waals surface area contributed by atoms with Gasteiger partial charge in [0, 0.05) is 12.4 Å². The van der Waals surface area contributed by atoms with Crippen LogP contribution in [0.25, 0.3) is 11.5 Å². The standard InChI is InChI=1S/C11H11N3O2/c1-2-8(10-12-4-5-13-10)14-9(3-1)11-15-6-7-16-11/h1-5,11H,6-7H2,(H,12,13). The SMILES string of the molecule is c1cc(-c2ncc[nH]2)nc(C2OCCO2)c1. The third-order valence-corrected chi connectivity index (χ3v) is 2.37. The summed E-state index contributed by atoms with van der Waals surface area (Å²) in [7, 11) is 0. The first-order chi connectivity index (χ1) is 7.93. The first-order valence-corrected chi connectivity index (χ1v) is 5.13. The van der Waals surface area contributed by atoms with Crippen molar-refractivity contribution in [1.29, 1.82) is 0 Å². The molecule has 0 spiro atoms. The topological polar surface area (TPSA) is 60.0 Å². The summed E-state index contributed by atoms with van der Waals surface area (Å²) in [4.78, 5) is 11.6. The second kappa shape index (κ2) is 4.03. The van der Waals surface area contributed by atoms with Gasteiger partial charge in [-0.15, -0.1) is 0 Å². The zero-order valence-corrected chi connectivity index (χ0v) is 8.59. The van der Waals surface area contributed by atoms with Gasteiger partial charge in [-0.25, -0.2) is 9.97 Å². The number of hydrogen-bond acceptors (Lipinski definition) is 4. The van der Waals surface area contributed by atoms with Crippen LogP contribution in [-0.2, 0) is 9.47 Å². The third-order valence-electron chi connectivity index (χ3n) is 2.37. The Morgan fingerprint density at radius 3 is 2.88 bits per heavy atom. The Kier molecular flexibility index (Phi) is 2.40. The second-order valence-electron chi connectivity index (χ2n) is 3.46. The molecule has 0 aromatic carbocycles. The molecule has 82 valence electrons. The Hall–Kier alpha value is -1.72. The van der Waals surface area contributed by atoms with Crippen molar-refractivity contribution in [3.63, 3.8) is 0 Å². The molecule has 0 aliphatic carbocycles. The van der Waals surface area contributed by atoms with Crippen LogP contribution in [0.2, 0.25) is 0 Å². The lowest BCUT2D eigenvalue weighted by molar-refractivity contribution is -0.0472. The maximum Gasteiger partial charge on any atom is 0.201 e. The molecule has 0 amide bonds. The van der Waals surface area contributed by atoms with Gasteiger partial charge >= 0.3 is 0 Å². The molecule has 1 aliphatic heterocycles. The summed E-state index contributed by atoms with van der Waals surface area (Å²) >= 11 is 0. The molecule has 0 bridgehead atoms. The van der Waals surface area contributed by atoms with Gasteiger partial charge in [0.25, 0.3) is 0 Å². The first kappa shape index (κ1) is 9.50. The molecule has 16 heavy (non-hydrogen) atoms. The minimum absolute atomic E-state index is 0.338. The van der Waals surface area contributed by atoms with Gasteiger partial charge in [0.2, 0.25) is 6.29 Å². The molecular formula is C11H11N3O2. The molecule has 5 nitrogen and oxygen atoms in total. The van der Waals surface area contributed by atoms with Crippen LogP contribution in [0.1, 0.15) is 12.0 Å². The monoisotopic (exact) mass is 217 g/mol. The molecule has 1 fully saturated rings. The average molecular weight is 217 g/mol. The Bertz CT molecular complexity index is 464. The summed E-state index contributed by atoms with van der Waals surface area (Å²) in [6.45, 7) is 1.24. The lowest BCUT2D eigenvalue weighted by Gasteiger charge is -2.08. The Balaban J connectivity index is 1.93. The molecule has 0 radical (unpaired) electrons. The quantitative estimate of drug-likeness (QED) is 0.828. The van der Waals surface area contributed by atoms with Crippen LogP contribution in [0.4, 0.5) is 0 Å². The van der Waals surface area contributed by atoms with Crippen LogP contribution in [0, 0.1) is 0 Å². The highest BCUT2D eigenvalue weighted by atomic mass is 16.7. The molecule has 3 rings (SSSR count). The normalized spacial score (nSPS) is 16.8. The minimum atomic E-state index is -0.338. The number of aromatic nitrogens is 3. The number of nitrogens with zero attached hydrogens (tertiary/aromatic N) is 2. The number of H-pyrrole nitrogens is 1. The molecule has 2 aromatic rings. The van der Waals surface area contributed by atoms with E-state index in [0.717, 1.165) is 17.2 Å². The fourth-order valence-electron chi connectivity index (χ4n) is 1.65. The Morgan fingerprint density at radius 2 is 2.12 bits per heavy atom. The van der Waals surface area contributed by atoms with Crippen LogP contribution >= 0.6 is 0 Å². The van der Waals surface area contributed by atoms with E-state index in [-0.39, 0.29) is 6.29 Å². The highest BCUT2D eigenvalue weighted by Gasteiger charge is 2.20. The van der Waals surface area contributed by atoms with Crippen molar-refractivity contribution >= 4 is 0 Å². The van der Waals surface area contributed by atoms with Crippen LogP contribution < -0.4 is 0 Å². The van der Waals surface area contributed by atoms with Crippen molar-refractivity contribution in [1.82, 2.24) is 15.0 Å². The summed E-state index contributed by atoms with van der Waals surface area (Å²) in [5.41, 5.74) is 1.58. The molecule has 0 unspecified atom stereocenters. The van der Waals surface area contributed by atoms with Crippen molar-refractivity contribution in [3.05, 3.63) is 36.3 Å². The minimum Gasteiger partial charge on any atom is -0.345 e. The largest absolute Gasteiger partial charge is 0.345 e. The van der Waals surface area contributed by atoms with Gasteiger partial charge in [-0.1, -0.05) is 6.07 Å². The molecule has 1 saturated heterocycles. The van der Waals surface area contributed by atoms with Crippen LogP contribution in [-0.4, -0.2) is 28.2 Å². The molecule has 0 saturated carbocycles. The molecule has 3 heterocycles. The molecular weight excluding hydrogens is 206 g/mol. The molecule has 5 heteroatoms. The van der Waals surface area contributed by atoms with Gasteiger partial charge in [0.05, 0.1) is 18.9 Å². The van der Waals surface area contributed by atoms with E-state index in [1.165, 1.54) is 0 Å². The van der Waals surface area contributed by atoms with E-state index >= 15 is 0 Å². The number of rotatable bonds is 2. The predicted octanol–water partition coefficient (Wildman–Crippen LogP) is 1.52. The lowest BCUT2D eigenvalue weighted by atomic mass is 10.3.